The van der Waals surface area contributed by atoms with Crippen molar-refractivity contribution in [2.24, 2.45) is 29.1 Å². The fourth-order valence-corrected chi connectivity index (χ4v) is 8.48. The second kappa shape index (κ2) is 11.3. The number of hydrogen-bond donors (Lipinski definition) is 0. The molecule has 39 heavy (non-hydrogen) atoms. The zero-order valence-electron chi connectivity index (χ0n) is 25.6. The molecule has 0 heterocycles. The van der Waals surface area contributed by atoms with Gasteiger partial charge in [-0.1, -0.05) is 90.8 Å². The Labute approximate surface area is 236 Å². The van der Waals surface area contributed by atoms with E-state index in [1.165, 1.54) is 11.1 Å². The second-order valence-electron chi connectivity index (χ2n) is 12.6. The standard InChI is InChI=1S/C35H50O4/c1-9-23-17-15-21-34(13-5,25(23)11-3)38-31(36)29-27-19-20-28(33(27,7)8)30(29)32(37)39-35(14-6)22-16-18-24(10-2)26(35)12-4/h15-18,21-22,25-28H,9-14,19-20H2,1-8H3. The summed E-state index contributed by atoms with van der Waals surface area (Å²) in [6.45, 7) is 17.3. The molecule has 6 atom stereocenters. The molecule has 4 aliphatic carbocycles. The maximum absolute atomic E-state index is 14.2. The molecule has 0 spiro atoms. The van der Waals surface area contributed by atoms with Crippen LogP contribution in [0.3, 0.4) is 0 Å². The van der Waals surface area contributed by atoms with Gasteiger partial charge in [0.2, 0.25) is 0 Å². The van der Waals surface area contributed by atoms with Gasteiger partial charge in [0.15, 0.2) is 0 Å². The summed E-state index contributed by atoms with van der Waals surface area (Å²) in [5.74, 6) is -0.347. The van der Waals surface area contributed by atoms with Crippen LogP contribution in [0.2, 0.25) is 0 Å². The van der Waals surface area contributed by atoms with Gasteiger partial charge in [-0.3, -0.25) is 0 Å². The van der Waals surface area contributed by atoms with Gasteiger partial charge in [-0.25, -0.2) is 9.59 Å². The molecule has 4 heteroatoms. The number of allylic oxidation sites excluding steroid dienone is 4. The van der Waals surface area contributed by atoms with Crippen LogP contribution in [0.5, 0.6) is 0 Å². The molecule has 214 valence electrons. The zero-order valence-corrected chi connectivity index (χ0v) is 25.6. The van der Waals surface area contributed by atoms with Crippen molar-refractivity contribution in [2.75, 3.05) is 0 Å². The molecule has 4 nitrogen and oxygen atoms in total. The van der Waals surface area contributed by atoms with Crippen LogP contribution in [0.4, 0.5) is 0 Å². The van der Waals surface area contributed by atoms with Crippen molar-refractivity contribution in [2.45, 2.75) is 118 Å². The number of ether oxygens (including phenoxy) is 2. The summed E-state index contributed by atoms with van der Waals surface area (Å²) in [6, 6.07) is 0. The van der Waals surface area contributed by atoms with Crippen LogP contribution in [-0.4, -0.2) is 23.1 Å². The molecule has 6 unspecified atom stereocenters. The van der Waals surface area contributed by atoms with E-state index in [4.69, 9.17) is 9.47 Å². The van der Waals surface area contributed by atoms with Gasteiger partial charge < -0.3 is 9.47 Å². The monoisotopic (exact) mass is 534 g/mol. The Morgan fingerprint density at radius 3 is 1.41 bits per heavy atom. The summed E-state index contributed by atoms with van der Waals surface area (Å²) < 4.78 is 13.1. The third-order valence-electron chi connectivity index (χ3n) is 10.7. The van der Waals surface area contributed by atoms with Crippen molar-refractivity contribution < 1.29 is 19.1 Å². The van der Waals surface area contributed by atoms with Crippen LogP contribution < -0.4 is 0 Å². The average Bonchev–Trinajstić information content (AvgIpc) is 3.36. The van der Waals surface area contributed by atoms with E-state index in [1.54, 1.807) is 0 Å². The molecular formula is C35H50O4. The van der Waals surface area contributed by atoms with E-state index >= 15 is 0 Å². The molecule has 2 bridgehead atoms. The van der Waals surface area contributed by atoms with Crippen LogP contribution in [0, 0.1) is 29.1 Å². The fraction of sp³-hybridized carbons (Fsp3) is 0.657. The maximum Gasteiger partial charge on any atom is 0.335 e. The van der Waals surface area contributed by atoms with Crippen molar-refractivity contribution in [1.29, 1.82) is 0 Å². The lowest BCUT2D eigenvalue weighted by Gasteiger charge is -2.41. The van der Waals surface area contributed by atoms with Crippen LogP contribution in [0.1, 0.15) is 107 Å². The molecule has 0 N–H and O–H groups in total. The minimum atomic E-state index is -0.690. The summed E-state index contributed by atoms with van der Waals surface area (Å²) >= 11 is 0. The molecule has 0 amide bonds. The first-order valence-electron chi connectivity index (χ1n) is 15.6. The smallest absolute Gasteiger partial charge is 0.335 e. The highest BCUT2D eigenvalue weighted by molar-refractivity contribution is 6.03. The minimum absolute atomic E-state index is 0.00726. The third-order valence-corrected chi connectivity index (χ3v) is 10.7. The molecule has 0 aromatic rings. The highest BCUT2D eigenvalue weighted by Crippen LogP contribution is 2.61. The molecule has 1 saturated carbocycles. The predicted octanol–water partition coefficient (Wildman–Crippen LogP) is 8.60. The van der Waals surface area contributed by atoms with Crippen LogP contribution in [0.25, 0.3) is 0 Å². The van der Waals surface area contributed by atoms with Gasteiger partial charge in [-0.15, -0.1) is 0 Å². The molecule has 0 aromatic heterocycles. The first kappa shape index (κ1) is 29.6. The first-order valence-corrected chi connectivity index (χ1v) is 15.6. The molecular weight excluding hydrogens is 484 g/mol. The third kappa shape index (κ3) is 4.70. The molecule has 4 aliphatic rings. The van der Waals surface area contributed by atoms with Gasteiger partial charge in [-0.2, -0.15) is 0 Å². The van der Waals surface area contributed by atoms with E-state index in [9.17, 15) is 9.59 Å². The highest BCUT2D eigenvalue weighted by Gasteiger charge is 2.59. The lowest BCUT2D eigenvalue weighted by Crippen LogP contribution is -2.44. The average molecular weight is 535 g/mol. The SMILES string of the molecule is CCC1=CC=CC(CC)(OC(=O)C2=C(C(=O)OC3(CC)C=CC=C(CC)C3CC)C3CCC2C3(C)C)C1CC. The van der Waals surface area contributed by atoms with Crippen molar-refractivity contribution in [3.8, 4) is 0 Å². The lowest BCUT2D eigenvalue weighted by molar-refractivity contribution is -0.159. The summed E-state index contributed by atoms with van der Waals surface area (Å²) in [6.07, 6.45) is 19.4. The normalized spacial score (nSPS) is 34.7. The Morgan fingerprint density at radius 2 is 1.10 bits per heavy atom. The Kier molecular flexibility index (Phi) is 8.55. The molecule has 1 fully saturated rings. The lowest BCUT2D eigenvalue weighted by atomic mass is 9.74. The number of fused-ring (bicyclic) bond motifs is 2. The van der Waals surface area contributed by atoms with E-state index in [0.717, 1.165) is 38.5 Å². The highest BCUT2D eigenvalue weighted by atomic mass is 16.6. The molecule has 0 saturated heterocycles. The van der Waals surface area contributed by atoms with E-state index in [-0.39, 0.29) is 41.0 Å². The van der Waals surface area contributed by atoms with Crippen molar-refractivity contribution in [3.63, 3.8) is 0 Å². The van der Waals surface area contributed by atoms with Crippen LogP contribution >= 0.6 is 0 Å². The Bertz CT molecular complexity index is 1050. The maximum atomic E-state index is 14.2. The van der Waals surface area contributed by atoms with Gasteiger partial charge in [0.25, 0.3) is 0 Å². The van der Waals surface area contributed by atoms with Crippen molar-refractivity contribution in [3.05, 3.63) is 58.7 Å². The molecule has 0 radical (unpaired) electrons. The molecule has 0 aliphatic heterocycles. The Hall–Kier alpha value is -2.36. The van der Waals surface area contributed by atoms with Gasteiger partial charge in [0, 0.05) is 11.8 Å². The number of rotatable bonds is 10. The summed E-state index contributed by atoms with van der Waals surface area (Å²) in [5.41, 5.74) is 2.23. The Balaban J connectivity index is 1.72. The summed E-state index contributed by atoms with van der Waals surface area (Å²) in [4.78, 5) is 28.4. The van der Waals surface area contributed by atoms with Crippen LogP contribution in [-0.2, 0) is 19.1 Å². The van der Waals surface area contributed by atoms with E-state index in [1.807, 2.05) is 12.2 Å². The summed E-state index contributed by atoms with van der Waals surface area (Å²) in [5, 5.41) is 0. The molecule has 4 rings (SSSR count). The van der Waals surface area contributed by atoms with Gasteiger partial charge in [0.1, 0.15) is 11.2 Å². The number of carbonyl (C=O) groups excluding carboxylic acids is 2. The van der Waals surface area contributed by atoms with Gasteiger partial charge in [-0.05, 0) is 80.8 Å². The van der Waals surface area contributed by atoms with Crippen LogP contribution in [0.15, 0.2) is 58.7 Å². The number of carbonyl (C=O) groups is 2. The quantitative estimate of drug-likeness (QED) is 0.263. The predicted molar refractivity (Wildman–Crippen MR) is 158 cm³/mol. The Morgan fingerprint density at radius 1 is 0.718 bits per heavy atom. The summed E-state index contributed by atoms with van der Waals surface area (Å²) in [7, 11) is 0. The fourth-order valence-electron chi connectivity index (χ4n) is 8.48. The number of esters is 2. The number of hydrogen-bond acceptors (Lipinski definition) is 4. The van der Waals surface area contributed by atoms with Gasteiger partial charge in [0.05, 0.1) is 11.1 Å². The van der Waals surface area contributed by atoms with E-state index < -0.39 is 11.2 Å². The largest absolute Gasteiger partial charge is 0.451 e. The van der Waals surface area contributed by atoms with E-state index in [2.05, 4.69) is 79.7 Å². The van der Waals surface area contributed by atoms with Gasteiger partial charge >= 0.3 is 11.9 Å². The second-order valence-corrected chi connectivity index (χ2v) is 12.6. The zero-order chi connectivity index (χ0) is 28.6. The topological polar surface area (TPSA) is 52.6 Å². The molecule has 0 aromatic carbocycles. The van der Waals surface area contributed by atoms with E-state index in [0.29, 0.717) is 24.0 Å². The first-order chi connectivity index (χ1) is 18.6. The van der Waals surface area contributed by atoms with Crippen molar-refractivity contribution >= 4 is 11.9 Å². The van der Waals surface area contributed by atoms with Crippen molar-refractivity contribution in [1.82, 2.24) is 0 Å². The minimum Gasteiger partial charge on any atom is -0.451 e.